The van der Waals surface area contributed by atoms with Crippen LogP contribution in [0.3, 0.4) is 0 Å². The van der Waals surface area contributed by atoms with Gasteiger partial charge in [0.15, 0.2) is 0 Å². The van der Waals surface area contributed by atoms with Crippen LogP contribution in [-0.4, -0.2) is 39.3 Å². The van der Waals surface area contributed by atoms with E-state index in [-0.39, 0.29) is 6.42 Å². The first-order valence-electron chi connectivity index (χ1n) is 7.83. The van der Waals surface area contributed by atoms with E-state index < -0.39 is 5.97 Å². The zero-order valence-electron chi connectivity index (χ0n) is 12.9. The number of piperidine rings is 1. The molecular weight excluding hydrogens is 268 g/mol. The normalized spacial score (nSPS) is 16.2. The molecule has 1 fully saturated rings. The highest BCUT2D eigenvalue weighted by atomic mass is 16.4. The average Bonchev–Trinajstić information content (AvgIpc) is 2.52. The molecule has 2 heterocycles. The van der Waals surface area contributed by atoms with Crippen molar-refractivity contribution in [2.45, 2.75) is 52.4 Å². The highest BCUT2D eigenvalue weighted by Crippen LogP contribution is 2.24. The number of carboxylic acids is 1. The van der Waals surface area contributed by atoms with E-state index in [1.807, 2.05) is 0 Å². The second-order valence-corrected chi connectivity index (χ2v) is 5.58. The number of anilines is 1. The van der Waals surface area contributed by atoms with Crippen molar-refractivity contribution in [2.75, 3.05) is 18.0 Å². The zero-order valence-corrected chi connectivity index (χ0v) is 12.9. The van der Waals surface area contributed by atoms with Crippen LogP contribution in [0.4, 0.5) is 5.95 Å². The molecule has 0 bridgehead atoms. The Kier molecular flexibility index (Phi) is 5.47. The molecule has 0 unspecified atom stereocenters. The molecule has 0 aromatic carbocycles. The Morgan fingerprint density at radius 1 is 1.19 bits per heavy atom. The number of aryl methyl sites for hydroxylation is 2. The molecule has 6 nitrogen and oxygen atoms in total. The van der Waals surface area contributed by atoms with E-state index in [1.54, 1.807) is 0 Å². The fraction of sp³-hybridized carbons (Fsp3) is 0.733. The Morgan fingerprint density at radius 3 is 2.43 bits per heavy atom. The van der Waals surface area contributed by atoms with Crippen LogP contribution in [0, 0.1) is 5.92 Å². The molecule has 0 amide bonds. The molecule has 116 valence electrons. The van der Waals surface area contributed by atoms with E-state index in [0.29, 0.717) is 5.92 Å². The quantitative estimate of drug-likeness (QED) is 0.864. The summed E-state index contributed by atoms with van der Waals surface area (Å²) in [6.07, 6.45) is 4.80. The molecular formula is C15H24N4O2. The number of carbonyl (C=O) groups is 1. The number of aliphatic carboxylic acids is 1. The highest BCUT2D eigenvalue weighted by molar-refractivity contribution is 5.66. The summed E-state index contributed by atoms with van der Waals surface area (Å²) in [6.45, 7) is 5.94. The summed E-state index contributed by atoms with van der Waals surface area (Å²) in [5.74, 6) is 0.527. The third-order valence-electron chi connectivity index (χ3n) is 4.16. The monoisotopic (exact) mass is 292 g/mol. The van der Waals surface area contributed by atoms with E-state index in [1.165, 1.54) is 0 Å². The fourth-order valence-corrected chi connectivity index (χ4v) is 2.81. The average molecular weight is 292 g/mol. The molecule has 1 aliphatic rings. The first-order chi connectivity index (χ1) is 10.1. The van der Waals surface area contributed by atoms with Gasteiger partial charge >= 0.3 is 5.97 Å². The van der Waals surface area contributed by atoms with Crippen LogP contribution in [-0.2, 0) is 17.6 Å². The standard InChI is InChI=1S/C15H24N4O2/c1-3-12-13(4-2)17-18-15(16-12)19-9-7-11(8-10-19)5-6-14(20)21/h11H,3-10H2,1-2H3,(H,20,21). The van der Waals surface area contributed by atoms with E-state index in [2.05, 4.69) is 33.9 Å². The summed E-state index contributed by atoms with van der Waals surface area (Å²) in [5, 5.41) is 17.3. The minimum Gasteiger partial charge on any atom is -0.481 e. The van der Waals surface area contributed by atoms with E-state index >= 15 is 0 Å². The lowest BCUT2D eigenvalue weighted by atomic mass is 9.92. The molecule has 21 heavy (non-hydrogen) atoms. The molecule has 0 saturated carbocycles. The van der Waals surface area contributed by atoms with Gasteiger partial charge in [0, 0.05) is 19.5 Å². The van der Waals surface area contributed by atoms with Gasteiger partial charge in [-0.05, 0) is 38.0 Å². The van der Waals surface area contributed by atoms with Gasteiger partial charge in [0.05, 0.1) is 11.4 Å². The third kappa shape index (κ3) is 4.12. The number of hydrogen-bond donors (Lipinski definition) is 1. The lowest BCUT2D eigenvalue weighted by Gasteiger charge is -2.31. The van der Waals surface area contributed by atoms with Gasteiger partial charge in [0.25, 0.3) is 0 Å². The van der Waals surface area contributed by atoms with Gasteiger partial charge in [0.2, 0.25) is 5.95 Å². The Labute approximate surface area is 125 Å². The number of rotatable bonds is 6. The smallest absolute Gasteiger partial charge is 0.303 e. The van der Waals surface area contributed by atoms with Crippen molar-refractivity contribution in [1.82, 2.24) is 15.2 Å². The molecule has 1 aromatic rings. The van der Waals surface area contributed by atoms with Gasteiger partial charge in [0.1, 0.15) is 0 Å². The van der Waals surface area contributed by atoms with Crippen molar-refractivity contribution >= 4 is 11.9 Å². The van der Waals surface area contributed by atoms with Crippen molar-refractivity contribution in [3.63, 3.8) is 0 Å². The Bertz CT molecular complexity index is 485. The molecule has 0 atom stereocenters. The van der Waals surface area contributed by atoms with E-state index in [4.69, 9.17) is 5.11 Å². The molecule has 0 aliphatic carbocycles. The van der Waals surface area contributed by atoms with Crippen molar-refractivity contribution in [1.29, 1.82) is 0 Å². The molecule has 1 saturated heterocycles. The van der Waals surface area contributed by atoms with Crippen molar-refractivity contribution in [3.05, 3.63) is 11.4 Å². The molecule has 0 radical (unpaired) electrons. The maximum absolute atomic E-state index is 10.6. The molecule has 0 spiro atoms. The van der Waals surface area contributed by atoms with Gasteiger partial charge < -0.3 is 10.0 Å². The van der Waals surface area contributed by atoms with Crippen molar-refractivity contribution in [2.24, 2.45) is 5.92 Å². The van der Waals surface area contributed by atoms with Crippen LogP contribution in [0.25, 0.3) is 0 Å². The second-order valence-electron chi connectivity index (χ2n) is 5.58. The zero-order chi connectivity index (χ0) is 15.2. The summed E-state index contributed by atoms with van der Waals surface area (Å²) in [7, 11) is 0. The number of hydrogen-bond acceptors (Lipinski definition) is 5. The van der Waals surface area contributed by atoms with Crippen molar-refractivity contribution in [3.8, 4) is 0 Å². The lowest BCUT2D eigenvalue weighted by Crippen LogP contribution is -2.35. The molecule has 1 aromatic heterocycles. The first kappa shape index (κ1) is 15.7. The van der Waals surface area contributed by atoms with Crippen LogP contribution in [0.1, 0.15) is 50.9 Å². The van der Waals surface area contributed by atoms with Crippen LogP contribution in [0.2, 0.25) is 0 Å². The molecule has 1 N–H and O–H groups in total. The minimum atomic E-state index is -0.701. The van der Waals surface area contributed by atoms with Gasteiger partial charge in [-0.3, -0.25) is 4.79 Å². The van der Waals surface area contributed by atoms with Gasteiger partial charge in [-0.1, -0.05) is 13.8 Å². The summed E-state index contributed by atoms with van der Waals surface area (Å²) in [5.41, 5.74) is 2.02. The van der Waals surface area contributed by atoms with Gasteiger partial charge in [-0.15, -0.1) is 5.10 Å². The fourth-order valence-electron chi connectivity index (χ4n) is 2.81. The maximum atomic E-state index is 10.6. The van der Waals surface area contributed by atoms with E-state index in [9.17, 15) is 4.79 Å². The Balaban J connectivity index is 1.94. The predicted octanol–water partition coefficient (Wildman–Crippen LogP) is 2.08. The summed E-state index contributed by atoms with van der Waals surface area (Å²) < 4.78 is 0. The SMILES string of the molecule is CCc1nnc(N2CCC(CCC(=O)O)CC2)nc1CC. The van der Waals surface area contributed by atoms with Crippen LogP contribution in [0.5, 0.6) is 0 Å². The van der Waals surface area contributed by atoms with Crippen LogP contribution in [0.15, 0.2) is 0 Å². The molecule has 6 heteroatoms. The van der Waals surface area contributed by atoms with Gasteiger partial charge in [-0.25, -0.2) is 4.98 Å². The van der Waals surface area contributed by atoms with E-state index in [0.717, 1.165) is 62.5 Å². The largest absolute Gasteiger partial charge is 0.481 e. The number of nitrogens with zero attached hydrogens (tertiary/aromatic N) is 4. The van der Waals surface area contributed by atoms with Crippen LogP contribution < -0.4 is 4.90 Å². The maximum Gasteiger partial charge on any atom is 0.303 e. The second kappa shape index (κ2) is 7.33. The number of aromatic nitrogens is 3. The predicted molar refractivity (Wildman–Crippen MR) is 80.4 cm³/mol. The third-order valence-corrected chi connectivity index (χ3v) is 4.16. The molecule has 2 rings (SSSR count). The summed E-state index contributed by atoms with van der Waals surface area (Å²) >= 11 is 0. The lowest BCUT2D eigenvalue weighted by molar-refractivity contribution is -0.137. The van der Waals surface area contributed by atoms with Crippen molar-refractivity contribution < 1.29 is 9.90 Å². The topological polar surface area (TPSA) is 79.2 Å². The Hall–Kier alpha value is -1.72. The van der Waals surface area contributed by atoms with Gasteiger partial charge in [-0.2, -0.15) is 5.10 Å². The summed E-state index contributed by atoms with van der Waals surface area (Å²) in [4.78, 5) is 17.4. The first-order valence-corrected chi connectivity index (χ1v) is 7.83. The van der Waals surface area contributed by atoms with Crippen LogP contribution >= 0.6 is 0 Å². The number of carboxylic acid groups (broad SMARTS) is 1. The highest BCUT2D eigenvalue weighted by Gasteiger charge is 2.22. The summed E-state index contributed by atoms with van der Waals surface area (Å²) in [6, 6.07) is 0. The molecule has 1 aliphatic heterocycles. The minimum absolute atomic E-state index is 0.272. The Morgan fingerprint density at radius 2 is 1.86 bits per heavy atom.